The fraction of sp³-hybridized carbons (Fsp3) is 0.733. The first-order chi connectivity index (χ1) is 9.79. The van der Waals surface area contributed by atoms with E-state index in [1.165, 1.54) is 0 Å². The van der Waals surface area contributed by atoms with Crippen molar-refractivity contribution in [3.63, 3.8) is 0 Å². The van der Waals surface area contributed by atoms with Crippen LogP contribution in [0.25, 0.3) is 0 Å². The van der Waals surface area contributed by atoms with E-state index >= 15 is 0 Å². The van der Waals surface area contributed by atoms with Crippen molar-refractivity contribution in [1.82, 2.24) is 10.0 Å². The Labute approximate surface area is 127 Å². The molecule has 1 aliphatic rings. The third-order valence-corrected chi connectivity index (χ3v) is 5.99. The lowest BCUT2D eigenvalue weighted by atomic mass is 9.80. The van der Waals surface area contributed by atoms with Crippen LogP contribution in [0.2, 0.25) is 0 Å². The van der Waals surface area contributed by atoms with E-state index in [1.807, 2.05) is 13.8 Å². The molecule has 1 aromatic rings. The van der Waals surface area contributed by atoms with Crippen molar-refractivity contribution >= 4 is 10.0 Å². The second-order valence-corrected chi connectivity index (χ2v) is 7.84. The van der Waals surface area contributed by atoms with Gasteiger partial charge in [0.2, 0.25) is 10.0 Å². The Bertz CT molecular complexity index is 601. The van der Waals surface area contributed by atoms with E-state index in [0.717, 1.165) is 37.8 Å². The molecule has 1 aliphatic carbocycles. The molecule has 0 radical (unpaired) electrons. The second kappa shape index (κ2) is 6.10. The Kier molecular flexibility index (Phi) is 4.80. The minimum absolute atomic E-state index is 0.301. The molecule has 2 rings (SSSR count). The molecule has 1 aromatic heterocycles. The number of nitrogens with one attached hydrogen (secondary N) is 2. The second-order valence-electron chi connectivity index (χ2n) is 6.22. The van der Waals surface area contributed by atoms with Crippen molar-refractivity contribution < 1.29 is 12.8 Å². The molecule has 0 aromatic carbocycles. The summed E-state index contributed by atoms with van der Waals surface area (Å²) < 4.78 is 33.9. The van der Waals surface area contributed by atoms with Crippen LogP contribution in [-0.2, 0) is 16.6 Å². The van der Waals surface area contributed by atoms with Gasteiger partial charge in [-0.25, -0.2) is 13.1 Å². The molecule has 21 heavy (non-hydrogen) atoms. The van der Waals surface area contributed by atoms with Gasteiger partial charge in [0.1, 0.15) is 16.4 Å². The van der Waals surface area contributed by atoms with E-state index < -0.39 is 10.0 Å². The van der Waals surface area contributed by atoms with Crippen LogP contribution in [0.3, 0.4) is 0 Å². The number of hydrogen-bond donors (Lipinski definition) is 2. The number of furan rings is 1. The summed E-state index contributed by atoms with van der Waals surface area (Å²) >= 11 is 0. The zero-order chi connectivity index (χ0) is 15.7. The fourth-order valence-electron chi connectivity index (χ4n) is 2.84. The van der Waals surface area contributed by atoms with Gasteiger partial charge in [0, 0.05) is 17.6 Å². The average molecular weight is 314 g/mol. The highest BCUT2D eigenvalue weighted by Crippen LogP contribution is 2.34. The molecule has 0 unspecified atom stereocenters. The largest absolute Gasteiger partial charge is 0.465 e. The highest BCUT2D eigenvalue weighted by Gasteiger charge is 2.38. The first-order valence-corrected chi connectivity index (χ1v) is 9.11. The van der Waals surface area contributed by atoms with Crippen molar-refractivity contribution in [2.24, 2.45) is 0 Å². The number of sulfonamides is 1. The molecule has 0 spiro atoms. The minimum Gasteiger partial charge on any atom is -0.465 e. The van der Waals surface area contributed by atoms with E-state index in [0.29, 0.717) is 23.0 Å². The predicted molar refractivity (Wildman–Crippen MR) is 82.8 cm³/mol. The first kappa shape index (κ1) is 16.5. The molecule has 2 N–H and O–H groups in total. The molecular weight excluding hydrogens is 288 g/mol. The Hall–Kier alpha value is -0.850. The van der Waals surface area contributed by atoms with Crippen LogP contribution >= 0.6 is 0 Å². The van der Waals surface area contributed by atoms with Crippen LogP contribution < -0.4 is 10.0 Å². The molecular formula is C15H26N2O3S. The van der Waals surface area contributed by atoms with Gasteiger partial charge in [0.25, 0.3) is 0 Å². The lowest BCUT2D eigenvalue weighted by Crippen LogP contribution is -2.51. The summed E-state index contributed by atoms with van der Waals surface area (Å²) in [5.74, 6) is 1.14. The van der Waals surface area contributed by atoms with Gasteiger partial charge >= 0.3 is 0 Å². The Morgan fingerprint density at radius 3 is 2.43 bits per heavy atom. The van der Waals surface area contributed by atoms with E-state index in [1.54, 1.807) is 6.92 Å². The SMILES string of the molecule is CCCNCc1c(C)oc(C)c1S(=O)(=O)NC1(C)CCC1. The lowest BCUT2D eigenvalue weighted by molar-refractivity contribution is 0.248. The summed E-state index contributed by atoms with van der Waals surface area (Å²) in [7, 11) is -3.54. The van der Waals surface area contributed by atoms with Crippen molar-refractivity contribution in [1.29, 1.82) is 0 Å². The minimum atomic E-state index is -3.54. The maximum absolute atomic E-state index is 12.7. The Balaban J connectivity index is 2.28. The first-order valence-electron chi connectivity index (χ1n) is 7.62. The molecule has 120 valence electrons. The molecule has 0 aliphatic heterocycles. The Morgan fingerprint density at radius 2 is 1.90 bits per heavy atom. The van der Waals surface area contributed by atoms with Gasteiger partial charge in [0.15, 0.2) is 0 Å². The molecule has 0 bridgehead atoms. The zero-order valence-electron chi connectivity index (χ0n) is 13.4. The molecule has 0 saturated heterocycles. The van der Waals surface area contributed by atoms with Gasteiger partial charge in [0.05, 0.1) is 0 Å². The third kappa shape index (κ3) is 3.49. The van der Waals surface area contributed by atoms with Crippen LogP contribution in [0.5, 0.6) is 0 Å². The molecule has 1 saturated carbocycles. The molecule has 5 nitrogen and oxygen atoms in total. The van der Waals surface area contributed by atoms with E-state index in [4.69, 9.17) is 4.42 Å². The molecule has 0 amide bonds. The van der Waals surface area contributed by atoms with Crippen LogP contribution in [0, 0.1) is 13.8 Å². The smallest absolute Gasteiger partial charge is 0.244 e. The van der Waals surface area contributed by atoms with Crippen molar-refractivity contribution in [3.8, 4) is 0 Å². The summed E-state index contributed by atoms with van der Waals surface area (Å²) in [6.07, 6.45) is 3.87. The fourth-order valence-corrected chi connectivity index (χ4v) is 4.76. The van der Waals surface area contributed by atoms with E-state index in [9.17, 15) is 8.42 Å². The highest BCUT2D eigenvalue weighted by atomic mass is 32.2. The zero-order valence-corrected chi connectivity index (χ0v) is 14.2. The van der Waals surface area contributed by atoms with Crippen LogP contribution in [0.15, 0.2) is 9.31 Å². The van der Waals surface area contributed by atoms with Crippen molar-refractivity contribution in [3.05, 3.63) is 17.1 Å². The Morgan fingerprint density at radius 1 is 1.24 bits per heavy atom. The summed E-state index contributed by atoms with van der Waals surface area (Å²) in [6.45, 7) is 8.95. The van der Waals surface area contributed by atoms with Gasteiger partial charge in [-0.2, -0.15) is 0 Å². The molecule has 6 heteroatoms. The number of aryl methyl sites for hydroxylation is 2. The standard InChI is InChI=1S/C15H26N2O3S/c1-5-9-16-10-13-11(2)20-12(3)14(13)21(18,19)17-15(4)7-6-8-15/h16-17H,5-10H2,1-4H3. The van der Waals surface area contributed by atoms with E-state index in [2.05, 4.69) is 17.0 Å². The van der Waals surface area contributed by atoms with Gasteiger partial charge in [-0.15, -0.1) is 0 Å². The molecule has 1 heterocycles. The van der Waals surface area contributed by atoms with Crippen molar-refractivity contribution in [2.45, 2.75) is 70.4 Å². The third-order valence-electron chi connectivity index (χ3n) is 4.16. The van der Waals surface area contributed by atoms with Crippen LogP contribution in [-0.4, -0.2) is 20.5 Å². The topological polar surface area (TPSA) is 71.3 Å². The quantitative estimate of drug-likeness (QED) is 0.759. The predicted octanol–water partition coefficient (Wildman–Crippen LogP) is 2.62. The van der Waals surface area contributed by atoms with Crippen LogP contribution in [0.4, 0.5) is 0 Å². The lowest BCUT2D eigenvalue weighted by Gasteiger charge is -2.38. The number of rotatable bonds is 7. The van der Waals surface area contributed by atoms with Gasteiger partial charge in [-0.1, -0.05) is 6.92 Å². The van der Waals surface area contributed by atoms with Gasteiger partial charge in [-0.3, -0.25) is 0 Å². The summed E-state index contributed by atoms with van der Waals surface area (Å²) in [6, 6.07) is 0. The highest BCUT2D eigenvalue weighted by molar-refractivity contribution is 7.89. The van der Waals surface area contributed by atoms with Gasteiger partial charge < -0.3 is 9.73 Å². The van der Waals surface area contributed by atoms with Crippen molar-refractivity contribution in [2.75, 3.05) is 6.54 Å². The summed E-state index contributed by atoms with van der Waals surface area (Å²) in [4.78, 5) is 0.316. The number of hydrogen-bond acceptors (Lipinski definition) is 4. The van der Waals surface area contributed by atoms with E-state index in [-0.39, 0.29) is 5.54 Å². The molecule has 0 atom stereocenters. The average Bonchev–Trinajstić information content (AvgIpc) is 2.63. The normalized spacial score (nSPS) is 17.7. The monoisotopic (exact) mass is 314 g/mol. The van der Waals surface area contributed by atoms with Gasteiger partial charge in [-0.05, 0) is 53.0 Å². The molecule has 1 fully saturated rings. The maximum atomic E-state index is 12.7. The summed E-state index contributed by atoms with van der Waals surface area (Å²) in [5, 5.41) is 3.26. The van der Waals surface area contributed by atoms with Crippen LogP contribution in [0.1, 0.15) is 56.6 Å². The summed E-state index contributed by atoms with van der Waals surface area (Å²) in [5.41, 5.74) is 0.446. The maximum Gasteiger partial charge on any atom is 0.244 e.